The van der Waals surface area contributed by atoms with Crippen molar-refractivity contribution in [2.75, 3.05) is 0 Å². The van der Waals surface area contributed by atoms with Crippen LogP contribution in [-0.4, -0.2) is 17.2 Å². The van der Waals surface area contributed by atoms with E-state index in [1.165, 1.54) is 5.56 Å². The largest absolute Gasteiger partial charge is 0.489 e. The molecule has 0 fully saturated rings. The van der Waals surface area contributed by atoms with E-state index in [2.05, 4.69) is 19.1 Å². The van der Waals surface area contributed by atoms with E-state index in [0.29, 0.717) is 11.4 Å². The van der Waals surface area contributed by atoms with Crippen LogP contribution in [0.3, 0.4) is 0 Å². The Balaban J connectivity index is 0.000000637. The Labute approximate surface area is 114 Å². The van der Waals surface area contributed by atoms with E-state index in [9.17, 15) is 10.0 Å². The predicted molar refractivity (Wildman–Crippen MR) is 82.6 cm³/mol. The number of benzene rings is 2. The van der Waals surface area contributed by atoms with Gasteiger partial charge in [-0.25, -0.2) is 0 Å². The lowest BCUT2D eigenvalue weighted by molar-refractivity contribution is 0.426. The van der Waals surface area contributed by atoms with Crippen molar-refractivity contribution in [3.63, 3.8) is 0 Å². The van der Waals surface area contributed by atoms with Gasteiger partial charge in [-0.1, -0.05) is 63.3 Å². The molecular weight excluding hydrogens is 235 g/mol. The van der Waals surface area contributed by atoms with Gasteiger partial charge < -0.3 is 10.0 Å². The van der Waals surface area contributed by atoms with Crippen LogP contribution in [0.2, 0.25) is 0 Å². The van der Waals surface area contributed by atoms with E-state index >= 15 is 0 Å². The van der Waals surface area contributed by atoms with Crippen LogP contribution in [0.5, 0.6) is 0 Å². The van der Waals surface area contributed by atoms with Gasteiger partial charge in [-0.15, -0.1) is 0 Å². The van der Waals surface area contributed by atoms with Crippen molar-refractivity contribution in [2.24, 2.45) is 0 Å². The zero-order valence-electron chi connectivity index (χ0n) is 11.6. The monoisotopic (exact) mass is 254 g/mol. The van der Waals surface area contributed by atoms with E-state index < -0.39 is 7.12 Å². The lowest BCUT2D eigenvalue weighted by Crippen LogP contribution is -2.31. The molecule has 1 aliphatic rings. The average Bonchev–Trinajstić information content (AvgIpc) is 2.82. The minimum absolute atomic E-state index is 0.389. The van der Waals surface area contributed by atoms with Gasteiger partial charge in [0.25, 0.3) is 0 Å². The summed E-state index contributed by atoms with van der Waals surface area (Å²) in [6.45, 7) is 6.16. The quantitative estimate of drug-likeness (QED) is 0.768. The van der Waals surface area contributed by atoms with E-state index in [1.807, 2.05) is 44.2 Å². The van der Waals surface area contributed by atoms with Crippen molar-refractivity contribution in [2.45, 2.75) is 26.7 Å². The third kappa shape index (κ3) is 2.31. The van der Waals surface area contributed by atoms with Crippen molar-refractivity contribution in [1.82, 2.24) is 0 Å². The molecule has 19 heavy (non-hydrogen) atoms. The molecule has 0 spiro atoms. The summed E-state index contributed by atoms with van der Waals surface area (Å²) in [7, 11) is -1.42. The van der Waals surface area contributed by atoms with Crippen LogP contribution in [-0.2, 0) is 0 Å². The first-order valence-electron chi connectivity index (χ1n) is 6.78. The molecule has 0 heterocycles. The zero-order chi connectivity index (χ0) is 14.0. The second-order valence-electron chi connectivity index (χ2n) is 4.54. The van der Waals surface area contributed by atoms with Crippen molar-refractivity contribution < 1.29 is 10.0 Å². The molecule has 0 saturated heterocycles. The van der Waals surface area contributed by atoms with Crippen molar-refractivity contribution in [1.29, 1.82) is 0 Å². The molecule has 1 atom stereocenters. The van der Waals surface area contributed by atoms with E-state index in [1.54, 1.807) is 0 Å². The Morgan fingerprint density at radius 1 is 1.05 bits per heavy atom. The normalized spacial score (nSPS) is 15.9. The lowest BCUT2D eigenvalue weighted by atomic mass is 9.75. The van der Waals surface area contributed by atoms with E-state index in [0.717, 1.165) is 16.3 Å². The van der Waals surface area contributed by atoms with Gasteiger partial charge in [-0.05, 0) is 27.4 Å². The fourth-order valence-electron chi connectivity index (χ4n) is 2.65. The molecule has 1 unspecified atom stereocenters. The highest BCUT2D eigenvalue weighted by Gasteiger charge is 2.22. The van der Waals surface area contributed by atoms with E-state index in [4.69, 9.17) is 0 Å². The summed E-state index contributed by atoms with van der Waals surface area (Å²) in [6, 6.07) is 9.77. The summed E-state index contributed by atoms with van der Waals surface area (Å²) in [4.78, 5) is 0. The van der Waals surface area contributed by atoms with Gasteiger partial charge >= 0.3 is 7.12 Å². The summed E-state index contributed by atoms with van der Waals surface area (Å²) >= 11 is 0. The van der Waals surface area contributed by atoms with Gasteiger partial charge in [0.05, 0.1) is 0 Å². The molecule has 0 amide bonds. The average molecular weight is 254 g/mol. The number of allylic oxidation sites excluding steroid dienone is 1. The standard InChI is InChI=1S/C14H13BO2.C2H6/c1-9-6-7-10-8-13(15(16)17)11-4-2-3-5-12(11)14(9)10;1-2/h2-9,16-17H,1H3;1-2H3. The molecule has 2 N–H and O–H groups in total. The van der Waals surface area contributed by atoms with Crippen molar-refractivity contribution in [3.05, 3.63) is 47.5 Å². The Kier molecular flexibility index (Phi) is 4.08. The molecule has 1 aliphatic carbocycles. The molecule has 2 nitrogen and oxygen atoms in total. The minimum Gasteiger partial charge on any atom is -0.423 e. The number of rotatable bonds is 1. The molecule has 3 heteroatoms. The maximum Gasteiger partial charge on any atom is 0.489 e. The molecule has 0 saturated carbocycles. The first-order chi connectivity index (χ1) is 9.18. The predicted octanol–water partition coefficient (Wildman–Crippen LogP) is 2.68. The van der Waals surface area contributed by atoms with Crippen LogP contribution < -0.4 is 5.46 Å². The molecule has 0 aromatic heterocycles. The highest BCUT2D eigenvalue weighted by molar-refractivity contribution is 6.62. The lowest BCUT2D eigenvalue weighted by Gasteiger charge is -2.13. The smallest absolute Gasteiger partial charge is 0.423 e. The number of hydrogen-bond donors (Lipinski definition) is 2. The fraction of sp³-hybridized carbons (Fsp3) is 0.250. The maximum absolute atomic E-state index is 9.45. The molecule has 0 bridgehead atoms. The summed E-state index contributed by atoms with van der Waals surface area (Å²) in [5, 5.41) is 20.9. The molecule has 3 rings (SSSR count). The Hall–Kier alpha value is -1.58. The number of fused-ring (bicyclic) bond motifs is 3. The van der Waals surface area contributed by atoms with Gasteiger partial charge in [0, 0.05) is 5.92 Å². The SMILES string of the molecule is CC.CC1C=Cc2cc(B(O)O)c3ccccc3c21. The molecule has 0 radical (unpaired) electrons. The Bertz CT molecular complexity index is 617. The third-order valence-corrected chi connectivity index (χ3v) is 3.45. The Morgan fingerprint density at radius 3 is 2.32 bits per heavy atom. The minimum atomic E-state index is -1.42. The van der Waals surface area contributed by atoms with Crippen LogP contribution >= 0.6 is 0 Å². The molecular formula is C16H19BO2. The van der Waals surface area contributed by atoms with Crippen LogP contribution in [0.25, 0.3) is 16.8 Å². The van der Waals surface area contributed by atoms with Crippen molar-refractivity contribution in [3.8, 4) is 0 Å². The second-order valence-corrected chi connectivity index (χ2v) is 4.54. The highest BCUT2D eigenvalue weighted by atomic mass is 16.4. The third-order valence-electron chi connectivity index (χ3n) is 3.45. The highest BCUT2D eigenvalue weighted by Crippen LogP contribution is 2.34. The van der Waals surface area contributed by atoms with Gasteiger partial charge in [0.2, 0.25) is 0 Å². The van der Waals surface area contributed by atoms with Crippen LogP contribution in [0, 0.1) is 0 Å². The van der Waals surface area contributed by atoms with Crippen molar-refractivity contribution >= 4 is 29.4 Å². The summed E-state index contributed by atoms with van der Waals surface area (Å²) in [5.74, 6) is 0.389. The fourth-order valence-corrected chi connectivity index (χ4v) is 2.65. The molecule has 0 aliphatic heterocycles. The summed E-state index contributed by atoms with van der Waals surface area (Å²) < 4.78 is 0. The first kappa shape index (κ1) is 13.8. The molecule has 2 aromatic rings. The topological polar surface area (TPSA) is 40.5 Å². The maximum atomic E-state index is 9.45. The van der Waals surface area contributed by atoms with E-state index in [-0.39, 0.29) is 0 Å². The molecule has 98 valence electrons. The second kappa shape index (κ2) is 5.60. The number of hydrogen-bond acceptors (Lipinski definition) is 2. The van der Waals surface area contributed by atoms with Gasteiger partial charge in [0.1, 0.15) is 0 Å². The summed E-state index contributed by atoms with van der Waals surface area (Å²) in [5.41, 5.74) is 2.96. The van der Waals surface area contributed by atoms with Gasteiger partial charge in [-0.2, -0.15) is 0 Å². The molecule has 2 aromatic carbocycles. The van der Waals surface area contributed by atoms with Crippen LogP contribution in [0.15, 0.2) is 36.4 Å². The van der Waals surface area contributed by atoms with Crippen LogP contribution in [0.1, 0.15) is 37.8 Å². The van der Waals surface area contributed by atoms with Gasteiger partial charge in [0.15, 0.2) is 0 Å². The zero-order valence-corrected chi connectivity index (χ0v) is 11.6. The van der Waals surface area contributed by atoms with Gasteiger partial charge in [-0.3, -0.25) is 0 Å². The Morgan fingerprint density at radius 2 is 1.68 bits per heavy atom. The summed E-state index contributed by atoms with van der Waals surface area (Å²) in [6.07, 6.45) is 4.20. The first-order valence-corrected chi connectivity index (χ1v) is 6.78. The van der Waals surface area contributed by atoms with Crippen LogP contribution in [0.4, 0.5) is 0 Å².